The summed E-state index contributed by atoms with van der Waals surface area (Å²) in [7, 11) is 0. The maximum Gasteiger partial charge on any atom is 0.134 e. The monoisotopic (exact) mass is 176 g/mol. The second-order valence-corrected chi connectivity index (χ2v) is 3.37. The first kappa shape index (κ1) is 8.32. The van der Waals surface area contributed by atoms with Crippen LogP contribution in [-0.4, -0.2) is 5.11 Å². The molecule has 0 spiro atoms. The molecular formula is C11H12O2. The summed E-state index contributed by atoms with van der Waals surface area (Å²) < 4.78 is 5.31. The minimum Gasteiger partial charge on any atom is -0.464 e. The number of hydrogen-bond acceptors (Lipinski definition) is 2. The maximum absolute atomic E-state index is 9.44. The summed E-state index contributed by atoms with van der Waals surface area (Å²) in [5.41, 5.74) is 2.87. The van der Waals surface area contributed by atoms with Crippen molar-refractivity contribution in [2.24, 2.45) is 0 Å². The molecule has 0 radical (unpaired) electrons. The van der Waals surface area contributed by atoms with E-state index < -0.39 is 6.10 Å². The van der Waals surface area contributed by atoms with Crippen molar-refractivity contribution in [3.63, 3.8) is 0 Å². The van der Waals surface area contributed by atoms with E-state index in [9.17, 15) is 5.11 Å². The molecule has 0 saturated carbocycles. The lowest BCUT2D eigenvalue weighted by atomic mass is 10.1. The number of aryl methyl sites for hydroxylation is 1. The van der Waals surface area contributed by atoms with Gasteiger partial charge >= 0.3 is 0 Å². The van der Waals surface area contributed by atoms with Gasteiger partial charge in [0.1, 0.15) is 5.58 Å². The summed E-state index contributed by atoms with van der Waals surface area (Å²) in [4.78, 5) is 0. The third-order valence-corrected chi connectivity index (χ3v) is 2.21. The average Bonchev–Trinajstić information content (AvgIpc) is 2.46. The second kappa shape index (κ2) is 2.89. The molecule has 13 heavy (non-hydrogen) atoms. The van der Waals surface area contributed by atoms with Crippen LogP contribution in [0.5, 0.6) is 0 Å². The molecule has 1 atom stereocenters. The molecule has 2 heteroatoms. The van der Waals surface area contributed by atoms with Gasteiger partial charge in [0.25, 0.3) is 0 Å². The second-order valence-electron chi connectivity index (χ2n) is 3.37. The predicted octanol–water partition coefficient (Wildman–Crippen LogP) is 2.79. The van der Waals surface area contributed by atoms with Crippen LogP contribution in [0.3, 0.4) is 0 Å². The molecule has 1 unspecified atom stereocenters. The van der Waals surface area contributed by atoms with Gasteiger partial charge in [-0.15, -0.1) is 0 Å². The van der Waals surface area contributed by atoms with Crippen molar-refractivity contribution in [2.75, 3.05) is 0 Å². The van der Waals surface area contributed by atoms with Crippen LogP contribution in [0.15, 0.2) is 28.9 Å². The van der Waals surface area contributed by atoms with Crippen LogP contribution >= 0.6 is 0 Å². The average molecular weight is 176 g/mol. The zero-order valence-electron chi connectivity index (χ0n) is 7.74. The third kappa shape index (κ3) is 1.33. The fourth-order valence-electron chi connectivity index (χ4n) is 1.49. The van der Waals surface area contributed by atoms with Crippen LogP contribution in [0.25, 0.3) is 11.0 Å². The Morgan fingerprint density at radius 2 is 2.15 bits per heavy atom. The Morgan fingerprint density at radius 3 is 2.85 bits per heavy atom. The van der Waals surface area contributed by atoms with Crippen molar-refractivity contribution in [3.05, 3.63) is 35.6 Å². The first-order valence-electron chi connectivity index (χ1n) is 4.34. The summed E-state index contributed by atoms with van der Waals surface area (Å²) in [5, 5.41) is 10.5. The molecule has 0 fully saturated rings. The lowest BCUT2D eigenvalue weighted by Crippen LogP contribution is -1.87. The number of hydrogen-bond donors (Lipinski definition) is 1. The van der Waals surface area contributed by atoms with Crippen LogP contribution in [0.2, 0.25) is 0 Å². The summed E-state index contributed by atoms with van der Waals surface area (Å²) in [5.74, 6) is 0. The Morgan fingerprint density at radius 1 is 1.38 bits per heavy atom. The SMILES string of the molecule is Cc1ccc2occ(C(C)O)c2c1. The molecule has 2 nitrogen and oxygen atoms in total. The van der Waals surface area contributed by atoms with Gasteiger partial charge in [-0.1, -0.05) is 11.6 Å². The van der Waals surface area contributed by atoms with Crippen molar-refractivity contribution < 1.29 is 9.52 Å². The normalized spacial score (nSPS) is 13.5. The number of fused-ring (bicyclic) bond motifs is 1. The van der Waals surface area contributed by atoms with Crippen LogP contribution in [-0.2, 0) is 0 Å². The highest BCUT2D eigenvalue weighted by atomic mass is 16.3. The van der Waals surface area contributed by atoms with Gasteiger partial charge in [0, 0.05) is 10.9 Å². The van der Waals surface area contributed by atoms with E-state index in [1.54, 1.807) is 13.2 Å². The summed E-state index contributed by atoms with van der Waals surface area (Å²) in [6, 6.07) is 5.95. The lowest BCUT2D eigenvalue weighted by molar-refractivity contribution is 0.199. The largest absolute Gasteiger partial charge is 0.464 e. The molecule has 2 rings (SSSR count). The molecule has 68 valence electrons. The topological polar surface area (TPSA) is 33.4 Å². The number of aliphatic hydroxyl groups excluding tert-OH is 1. The molecule has 0 bridgehead atoms. The van der Waals surface area contributed by atoms with E-state index in [4.69, 9.17) is 4.42 Å². The maximum atomic E-state index is 9.44. The van der Waals surface area contributed by atoms with Crippen molar-refractivity contribution in [3.8, 4) is 0 Å². The summed E-state index contributed by atoms with van der Waals surface area (Å²) >= 11 is 0. The zero-order chi connectivity index (χ0) is 9.42. The van der Waals surface area contributed by atoms with E-state index >= 15 is 0 Å². The van der Waals surface area contributed by atoms with Crippen LogP contribution in [0, 0.1) is 6.92 Å². The number of rotatable bonds is 1. The van der Waals surface area contributed by atoms with E-state index in [2.05, 4.69) is 0 Å². The van der Waals surface area contributed by atoms with Crippen LogP contribution in [0.1, 0.15) is 24.2 Å². The smallest absolute Gasteiger partial charge is 0.134 e. The molecular weight excluding hydrogens is 164 g/mol. The highest BCUT2D eigenvalue weighted by Gasteiger charge is 2.09. The highest BCUT2D eigenvalue weighted by Crippen LogP contribution is 2.26. The quantitative estimate of drug-likeness (QED) is 0.724. The molecule has 2 aromatic rings. The predicted molar refractivity (Wildman–Crippen MR) is 51.6 cm³/mol. The standard InChI is InChI=1S/C11H12O2/c1-7-3-4-11-9(5-7)10(6-13-11)8(2)12/h3-6,8,12H,1-2H3. The van der Waals surface area contributed by atoms with Gasteiger partial charge in [-0.2, -0.15) is 0 Å². The van der Waals surface area contributed by atoms with Gasteiger partial charge in [0.15, 0.2) is 0 Å². The highest BCUT2D eigenvalue weighted by molar-refractivity contribution is 5.82. The Balaban J connectivity index is 2.71. The molecule has 0 aliphatic carbocycles. The summed E-state index contributed by atoms with van der Waals surface area (Å²) in [6.07, 6.45) is 1.15. The Kier molecular flexibility index (Phi) is 1.85. The first-order valence-corrected chi connectivity index (χ1v) is 4.34. The molecule has 1 heterocycles. The molecule has 1 aromatic carbocycles. The van der Waals surface area contributed by atoms with Gasteiger partial charge in [-0.05, 0) is 26.0 Å². The molecule has 0 aliphatic rings. The van der Waals surface area contributed by atoms with Gasteiger partial charge in [0.05, 0.1) is 12.4 Å². The fourth-order valence-corrected chi connectivity index (χ4v) is 1.49. The Labute approximate surface area is 76.8 Å². The number of furan rings is 1. The minimum absolute atomic E-state index is 0.469. The molecule has 0 aliphatic heterocycles. The van der Waals surface area contributed by atoms with Gasteiger partial charge < -0.3 is 9.52 Å². The van der Waals surface area contributed by atoms with Crippen LogP contribution in [0.4, 0.5) is 0 Å². The molecule has 0 amide bonds. The number of benzene rings is 1. The zero-order valence-corrected chi connectivity index (χ0v) is 7.74. The molecule has 1 aromatic heterocycles. The van der Waals surface area contributed by atoms with Crippen molar-refractivity contribution in [2.45, 2.75) is 20.0 Å². The lowest BCUT2D eigenvalue weighted by Gasteiger charge is -2.00. The van der Waals surface area contributed by atoms with E-state index in [-0.39, 0.29) is 0 Å². The van der Waals surface area contributed by atoms with E-state index in [0.29, 0.717) is 0 Å². The minimum atomic E-state index is -0.469. The fraction of sp³-hybridized carbons (Fsp3) is 0.273. The van der Waals surface area contributed by atoms with E-state index in [1.165, 1.54) is 5.56 Å². The van der Waals surface area contributed by atoms with Crippen molar-refractivity contribution >= 4 is 11.0 Å². The molecule has 0 saturated heterocycles. The molecule has 1 N–H and O–H groups in total. The Hall–Kier alpha value is -1.28. The number of aliphatic hydroxyl groups is 1. The summed E-state index contributed by atoms with van der Waals surface area (Å²) in [6.45, 7) is 3.77. The van der Waals surface area contributed by atoms with Gasteiger partial charge in [-0.25, -0.2) is 0 Å². The van der Waals surface area contributed by atoms with Crippen molar-refractivity contribution in [1.82, 2.24) is 0 Å². The van der Waals surface area contributed by atoms with Gasteiger partial charge in [0.2, 0.25) is 0 Å². The Bertz CT molecular complexity index is 427. The van der Waals surface area contributed by atoms with Gasteiger partial charge in [-0.3, -0.25) is 0 Å². The third-order valence-electron chi connectivity index (χ3n) is 2.21. The van der Waals surface area contributed by atoms with E-state index in [0.717, 1.165) is 16.5 Å². The first-order chi connectivity index (χ1) is 6.18. The van der Waals surface area contributed by atoms with E-state index in [1.807, 2.05) is 25.1 Å². The van der Waals surface area contributed by atoms with Crippen molar-refractivity contribution in [1.29, 1.82) is 0 Å². The van der Waals surface area contributed by atoms with Crippen LogP contribution < -0.4 is 0 Å².